The van der Waals surface area contributed by atoms with Gasteiger partial charge in [-0.25, -0.2) is 4.68 Å². The zero-order valence-electron chi connectivity index (χ0n) is 11.3. The van der Waals surface area contributed by atoms with E-state index in [9.17, 15) is 4.79 Å². The molecule has 1 aromatic rings. The molecule has 0 bridgehead atoms. The molecule has 0 N–H and O–H groups in total. The van der Waals surface area contributed by atoms with Crippen LogP contribution in [0.5, 0.6) is 0 Å². The van der Waals surface area contributed by atoms with Crippen LogP contribution in [-0.2, 0) is 4.79 Å². The van der Waals surface area contributed by atoms with Crippen LogP contribution in [0.3, 0.4) is 0 Å². The summed E-state index contributed by atoms with van der Waals surface area (Å²) >= 11 is 0. The van der Waals surface area contributed by atoms with Gasteiger partial charge in [-0.1, -0.05) is 0 Å². The van der Waals surface area contributed by atoms with Crippen LogP contribution < -0.4 is 10.4 Å². The highest BCUT2D eigenvalue weighted by Crippen LogP contribution is 2.19. The normalized spacial score (nSPS) is 17.5. The van der Waals surface area contributed by atoms with Crippen molar-refractivity contribution in [3.63, 3.8) is 0 Å². The Balaban J connectivity index is 2.32. The number of anilines is 1. The first-order valence-corrected chi connectivity index (χ1v) is 6.69. The molecular weight excluding hydrogens is 240 g/mol. The zero-order chi connectivity index (χ0) is 13.7. The number of nitrogens with zero attached hydrogens (tertiary/aromatic N) is 4. The van der Waals surface area contributed by atoms with Gasteiger partial charge in [-0.15, -0.1) is 0 Å². The van der Waals surface area contributed by atoms with Gasteiger partial charge in [-0.3, -0.25) is 4.99 Å². The second-order valence-corrected chi connectivity index (χ2v) is 4.64. The van der Waals surface area contributed by atoms with Gasteiger partial charge in [0.2, 0.25) is 0 Å². The van der Waals surface area contributed by atoms with Crippen molar-refractivity contribution in [3.05, 3.63) is 23.8 Å². The van der Waals surface area contributed by atoms with Crippen molar-refractivity contribution < 1.29 is 4.79 Å². The van der Waals surface area contributed by atoms with E-state index in [1.165, 1.54) is 0 Å². The first kappa shape index (κ1) is 13.5. The molecule has 5 nitrogen and oxygen atoms in total. The molecule has 1 aliphatic heterocycles. The van der Waals surface area contributed by atoms with E-state index in [0.29, 0.717) is 6.54 Å². The Labute approximate surface area is 113 Å². The lowest BCUT2D eigenvalue weighted by atomic mass is 9.98. The quantitative estimate of drug-likeness (QED) is 0.605. The van der Waals surface area contributed by atoms with E-state index < -0.39 is 0 Å². The molecule has 19 heavy (non-hydrogen) atoms. The molecule has 0 aliphatic carbocycles. The summed E-state index contributed by atoms with van der Waals surface area (Å²) in [4.78, 5) is 17.6. The number of carbonyl (C=O) groups is 1. The fourth-order valence-corrected chi connectivity index (χ4v) is 2.42. The molecule has 1 fully saturated rings. The zero-order valence-corrected chi connectivity index (χ0v) is 11.3. The molecule has 102 valence electrons. The third-order valence-electron chi connectivity index (χ3n) is 3.46. The van der Waals surface area contributed by atoms with Crippen LogP contribution in [-0.4, -0.2) is 37.3 Å². The number of hydrogen-bond donors (Lipinski definition) is 0. The van der Waals surface area contributed by atoms with E-state index in [1.54, 1.807) is 4.68 Å². The summed E-state index contributed by atoms with van der Waals surface area (Å²) in [6.45, 7) is 8.05. The Morgan fingerprint density at radius 1 is 1.47 bits per heavy atom. The van der Waals surface area contributed by atoms with Crippen molar-refractivity contribution in [3.8, 4) is 0 Å². The van der Waals surface area contributed by atoms with Crippen LogP contribution in [0.25, 0.3) is 0 Å². The molecule has 0 saturated carbocycles. The molecule has 0 aromatic carbocycles. The van der Waals surface area contributed by atoms with Gasteiger partial charge in [0, 0.05) is 38.5 Å². The average molecular weight is 260 g/mol. The highest BCUT2D eigenvalue weighted by Gasteiger charge is 2.20. The lowest BCUT2D eigenvalue weighted by Crippen LogP contribution is -2.38. The summed E-state index contributed by atoms with van der Waals surface area (Å²) in [5.41, 5.74) is 1.91. The van der Waals surface area contributed by atoms with Crippen LogP contribution in [0, 0.1) is 5.92 Å². The number of piperidine rings is 1. The van der Waals surface area contributed by atoms with Gasteiger partial charge in [0.05, 0.1) is 5.69 Å². The van der Waals surface area contributed by atoms with E-state index in [2.05, 4.69) is 27.8 Å². The average Bonchev–Trinajstić information content (AvgIpc) is 2.48. The van der Waals surface area contributed by atoms with Crippen molar-refractivity contribution in [2.24, 2.45) is 16.0 Å². The van der Waals surface area contributed by atoms with E-state index in [-0.39, 0.29) is 5.92 Å². The standard InChI is InChI=1S/C14H20N4O/c1-3-16-14-13(5-4-8-18(14)15-2)17-9-6-12(11-19)7-10-17/h4-5,8,11-12H,2-3,6-7,9-10H2,1H3. The van der Waals surface area contributed by atoms with Crippen molar-refractivity contribution in [2.75, 3.05) is 24.5 Å². The maximum absolute atomic E-state index is 10.8. The predicted molar refractivity (Wildman–Crippen MR) is 76.5 cm³/mol. The second-order valence-electron chi connectivity index (χ2n) is 4.64. The second kappa shape index (κ2) is 6.31. The Morgan fingerprint density at radius 3 is 2.79 bits per heavy atom. The molecule has 5 heteroatoms. The van der Waals surface area contributed by atoms with Crippen molar-refractivity contribution in [1.29, 1.82) is 0 Å². The van der Waals surface area contributed by atoms with E-state index >= 15 is 0 Å². The molecule has 1 aromatic heterocycles. The van der Waals surface area contributed by atoms with E-state index in [0.717, 1.165) is 43.4 Å². The van der Waals surface area contributed by atoms with Gasteiger partial charge < -0.3 is 9.69 Å². The Bertz CT molecular complexity index is 512. The molecule has 0 amide bonds. The molecular formula is C14H20N4O. The summed E-state index contributed by atoms with van der Waals surface area (Å²) < 4.78 is 1.70. The summed E-state index contributed by atoms with van der Waals surface area (Å²) in [7, 11) is 0. The summed E-state index contributed by atoms with van der Waals surface area (Å²) in [6.07, 6.45) is 4.74. The van der Waals surface area contributed by atoms with Crippen molar-refractivity contribution >= 4 is 18.7 Å². The highest BCUT2D eigenvalue weighted by molar-refractivity contribution is 5.55. The Hall–Kier alpha value is -1.91. The maximum Gasteiger partial charge on any atom is 0.172 e. The van der Waals surface area contributed by atoms with E-state index in [4.69, 9.17) is 0 Å². The van der Waals surface area contributed by atoms with Crippen molar-refractivity contribution in [2.45, 2.75) is 19.8 Å². The van der Waals surface area contributed by atoms with Crippen LogP contribution in [0.4, 0.5) is 5.69 Å². The number of hydrogen-bond acceptors (Lipinski definition) is 4. The fraction of sp³-hybridized carbons (Fsp3) is 0.500. The van der Waals surface area contributed by atoms with E-state index in [1.807, 2.05) is 19.2 Å². The Morgan fingerprint density at radius 2 is 2.21 bits per heavy atom. The van der Waals surface area contributed by atoms with Gasteiger partial charge >= 0.3 is 0 Å². The van der Waals surface area contributed by atoms with Gasteiger partial charge in [-0.05, 0) is 31.9 Å². The summed E-state index contributed by atoms with van der Waals surface area (Å²) in [5, 5.41) is 3.97. The van der Waals surface area contributed by atoms with Crippen LogP contribution in [0.15, 0.2) is 28.4 Å². The minimum Gasteiger partial charge on any atom is -0.368 e. The van der Waals surface area contributed by atoms with Crippen molar-refractivity contribution in [1.82, 2.24) is 4.68 Å². The topological polar surface area (TPSA) is 50.0 Å². The SMILES string of the molecule is C=Nn1cccc(N2CCC(C=O)CC2)c1=NCC. The third kappa shape index (κ3) is 2.92. The molecule has 1 aliphatic rings. The Kier molecular flexibility index (Phi) is 4.49. The molecule has 0 spiro atoms. The first-order chi connectivity index (χ1) is 9.30. The number of rotatable bonds is 4. The third-order valence-corrected chi connectivity index (χ3v) is 3.46. The first-order valence-electron chi connectivity index (χ1n) is 6.69. The van der Waals surface area contributed by atoms with Gasteiger partial charge in [0.15, 0.2) is 5.49 Å². The highest BCUT2D eigenvalue weighted by atomic mass is 16.1. The monoisotopic (exact) mass is 260 g/mol. The van der Waals surface area contributed by atoms with Crippen LogP contribution in [0.2, 0.25) is 0 Å². The largest absolute Gasteiger partial charge is 0.368 e. The minimum atomic E-state index is 0.205. The number of pyridine rings is 1. The molecule has 0 radical (unpaired) electrons. The lowest BCUT2D eigenvalue weighted by molar-refractivity contribution is -0.111. The molecule has 0 unspecified atom stereocenters. The van der Waals surface area contributed by atoms with Crippen LogP contribution in [0.1, 0.15) is 19.8 Å². The molecule has 2 heterocycles. The molecule has 0 atom stereocenters. The van der Waals surface area contributed by atoms with Gasteiger partial charge in [0.1, 0.15) is 6.29 Å². The molecule has 2 rings (SSSR count). The van der Waals surface area contributed by atoms with Crippen LogP contribution >= 0.6 is 0 Å². The predicted octanol–water partition coefficient (Wildman–Crippen LogP) is 1.29. The van der Waals surface area contributed by atoms with Gasteiger partial charge in [-0.2, -0.15) is 5.10 Å². The maximum atomic E-state index is 10.8. The summed E-state index contributed by atoms with van der Waals surface area (Å²) in [5.74, 6) is 0.205. The molecule has 1 saturated heterocycles. The fourth-order valence-electron chi connectivity index (χ4n) is 2.42. The smallest absolute Gasteiger partial charge is 0.172 e. The number of aromatic nitrogens is 1. The number of aldehydes is 1. The summed E-state index contributed by atoms with van der Waals surface area (Å²) in [6, 6.07) is 4.00. The lowest BCUT2D eigenvalue weighted by Gasteiger charge is -2.31. The minimum absolute atomic E-state index is 0.205. The number of carbonyl (C=O) groups excluding carboxylic acids is 1. The van der Waals surface area contributed by atoms with Gasteiger partial charge in [0.25, 0.3) is 0 Å².